The minimum absolute atomic E-state index is 0.0887. The van der Waals surface area contributed by atoms with E-state index < -0.39 is 0 Å². The summed E-state index contributed by atoms with van der Waals surface area (Å²) in [5.74, 6) is 0. The van der Waals surface area contributed by atoms with E-state index in [0.717, 1.165) is 5.56 Å². The van der Waals surface area contributed by atoms with Crippen LogP contribution in [0.3, 0.4) is 0 Å². The molecule has 0 unspecified atom stereocenters. The molecule has 2 aromatic rings. The zero-order chi connectivity index (χ0) is 11.8. The maximum Gasteiger partial charge on any atom is 0.264 e. The third-order valence-electron chi connectivity index (χ3n) is 2.76. The van der Waals surface area contributed by atoms with Crippen LogP contribution < -0.4 is 27.5 Å². The standard InChI is InChI=1S/C10H12N6O/c1-6-3-2-4-16-9(6)11-5-7(10(16)17)8-12-14-15-13-8/h2-5,8,12-15H,1H3. The van der Waals surface area contributed by atoms with Crippen LogP contribution in [0.5, 0.6) is 0 Å². The number of hydrazine groups is 3. The van der Waals surface area contributed by atoms with Gasteiger partial charge in [0.15, 0.2) is 0 Å². The topological polar surface area (TPSA) is 82.5 Å². The van der Waals surface area contributed by atoms with Crippen LogP contribution in [0.2, 0.25) is 0 Å². The molecule has 0 saturated carbocycles. The first-order chi connectivity index (χ1) is 8.27. The van der Waals surface area contributed by atoms with E-state index in [1.165, 1.54) is 0 Å². The molecule has 88 valence electrons. The molecular weight excluding hydrogens is 220 g/mol. The Balaban J connectivity index is 2.22. The summed E-state index contributed by atoms with van der Waals surface area (Å²) in [7, 11) is 0. The van der Waals surface area contributed by atoms with Gasteiger partial charge in [-0.25, -0.2) is 15.8 Å². The van der Waals surface area contributed by atoms with Crippen LogP contribution in [0, 0.1) is 6.92 Å². The van der Waals surface area contributed by atoms with Gasteiger partial charge in [-0.2, -0.15) is 11.1 Å². The fraction of sp³-hybridized carbons (Fsp3) is 0.200. The van der Waals surface area contributed by atoms with Crippen molar-refractivity contribution in [3.63, 3.8) is 0 Å². The highest BCUT2D eigenvalue weighted by molar-refractivity contribution is 5.46. The van der Waals surface area contributed by atoms with Crippen LogP contribution in [0.25, 0.3) is 5.65 Å². The van der Waals surface area contributed by atoms with Gasteiger partial charge >= 0.3 is 0 Å². The van der Waals surface area contributed by atoms with E-state index in [9.17, 15) is 4.79 Å². The summed E-state index contributed by atoms with van der Waals surface area (Å²) in [5, 5.41) is 0. The highest BCUT2D eigenvalue weighted by atomic mass is 16.1. The van der Waals surface area contributed by atoms with Gasteiger partial charge in [-0.1, -0.05) is 6.07 Å². The van der Waals surface area contributed by atoms with Crippen molar-refractivity contribution in [2.24, 2.45) is 0 Å². The first-order valence-corrected chi connectivity index (χ1v) is 5.25. The van der Waals surface area contributed by atoms with E-state index in [1.807, 2.05) is 19.1 Å². The second-order valence-electron chi connectivity index (χ2n) is 3.88. The molecule has 7 heteroatoms. The van der Waals surface area contributed by atoms with E-state index >= 15 is 0 Å². The number of nitrogens with zero attached hydrogens (tertiary/aromatic N) is 2. The summed E-state index contributed by atoms with van der Waals surface area (Å²) in [6.45, 7) is 1.93. The lowest BCUT2D eigenvalue weighted by molar-refractivity contribution is 0.545. The zero-order valence-electron chi connectivity index (χ0n) is 9.19. The van der Waals surface area contributed by atoms with Gasteiger partial charge in [-0.15, -0.1) is 0 Å². The molecule has 0 spiro atoms. The van der Waals surface area contributed by atoms with Crippen LogP contribution in [0.1, 0.15) is 17.3 Å². The van der Waals surface area contributed by atoms with Gasteiger partial charge in [0.05, 0.1) is 5.56 Å². The number of pyridine rings is 1. The quantitative estimate of drug-likeness (QED) is 0.511. The molecule has 3 rings (SSSR count). The molecule has 1 saturated heterocycles. The molecule has 0 aliphatic carbocycles. The Morgan fingerprint density at radius 1 is 1.35 bits per heavy atom. The molecule has 4 N–H and O–H groups in total. The third-order valence-corrected chi connectivity index (χ3v) is 2.76. The largest absolute Gasteiger partial charge is 0.268 e. The first kappa shape index (κ1) is 10.4. The monoisotopic (exact) mass is 232 g/mol. The van der Waals surface area contributed by atoms with Crippen molar-refractivity contribution in [1.82, 2.24) is 31.3 Å². The van der Waals surface area contributed by atoms with Gasteiger partial charge in [-0.05, 0) is 18.6 Å². The summed E-state index contributed by atoms with van der Waals surface area (Å²) in [5.41, 5.74) is 13.2. The van der Waals surface area contributed by atoms with E-state index in [0.29, 0.717) is 11.2 Å². The number of fused-ring (bicyclic) bond motifs is 1. The van der Waals surface area contributed by atoms with Crippen molar-refractivity contribution < 1.29 is 0 Å². The van der Waals surface area contributed by atoms with E-state index in [2.05, 4.69) is 26.9 Å². The van der Waals surface area contributed by atoms with Gasteiger partial charge in [0, 0.05) is 12.4 Å². The molecule has 0 aromatic carbocycles. The second-order valence-corrected chi connectivity index (χ2v) is 3.88. The number of rotatable bonds is 1. The number of hydrogen-bond acceptors (Lipinski definition) is 6. The van der Waals surface area contributed by atoms with Crippen LogP contribution in [-0.2, 0) is 0 Å². The highest BCUT2D eigenvalue weighted by Gasteiger charge is 2.19. The van der Waals surface area contributed by atoms with Crippen LogP contribution >= 0.6 is 0 Å². The predicted molar refractivity (Wildman–Crippen MR) is 61.5 cm³/mol. The molecule has 17 heavy (non-hydrogen) atoms. The fourth-order valence-electron chi connectivity index (χ4n) is 1.87. The minimum atomic E-state index is -0.299. The Labute approximate surface area is 96.8 Å². The Kier molecular flexibility index (Phi) is 2.37. The number of aryl methyl sites for hydroxylation is 1. The summed E-state index contributed by atoms with van der Waals surface area (Å²) in [6.07, 6.45) is 3.01. The number of hydrogen-bond donors (Lipinski definition) is 4. The zero-order valence-corrected chi connectivity index (χ0v) is 9.19. The Morgan fingerprint density at radius 2 is 2.12 bits per heavy atom. The molecule has 3 heterocycles. The van der Waals surface area contributed by atoms with E-state index in [1.54, 1.807) is 16.8 Å². The molecule has 7 nitrogen and oxygen atoms in total. The number of nitrogens with one attached hydrogen (secondary N) is 4. The number of aromatic nitrogens is 2. The van der Waals surface area contributed by atoms with Crippen molar-refractivity contribution in [3.05, 3.63) is 46.0 Å². The lowest BCUT2D eigenvalue weighted by atomic mass is 10.2. The molecule has 1 aliphatic rings. The SMILES string of the molecule is Cc1cccn2c(=O)c(C3NNNN3)cnc12. The molecule has 0 atom stereocenters. The molecule has 1 aliphatic heterocycles. The van der Waals surface area contributed by atoms with Crippen LogP contribution in [0.15, 0.2) is 29.3 Å². The molecule has 0 bridgehead atoms. The highest BCUT2D eigenvalue weighted by Crippen LogP contribution is 2.08. The maximum atomic E-state index is 12.3. The average molecular weight is 232 g/mol. The summed E-state index contributed by atoms with van der Waals surface area (Å²) >= 11 is 0. The lowest BCUT2D eigenvalue weighted by Crippen LogP contribution is -2.33. The Bertz CT molecular complexity index is 616. The van der Waals surface area contributed by atoms with Gasteiger partial charge in [0.1, 0.15) is 11.8 Å². The molecular formula is C10H12N6O. The van der Waals surface area contributed by atoms with Gasteiger partial charge in [0.25, 0.3) is 5.56 Å². The van der Waals surface area contributed by atoms with Crippen molar-refractivity contribution in [3.8, 4) is 0 Å². The first-order valence-electron chi connectivity index (χ1n) is 5.25. The predicted octanol–water partition coefficient (Wildman–Crippen LogP) is -0.881. The maximum absolute atomic E-state index is 12.3. The molecule has 2 aromatic heterocycles. The van der Waals surface area contributed by atoms with Crippen LogP contribution in [0.4, 0.5) is 0 Å². The summed E-state index contributed by atoms with van der Waals surface area (Å²) in [6, 6.07) is 3.76. The summed E-state index contributed by atoms with van der Waals surface area (Å²) < 4.78 is 1.55. The third kappa shape index (κ3) is 1.61. The van der Waals surface area contributed by atoms with Gasteiger partial charge < -0.3 is 0 Å². The smallest absolute Gasteiger partial charge is 0.264 e. The van der Waals surface area contributed by atoms with Gasteiger partial charge in [0.2, 0.25) is 0 Å². The van der Waals surface area contributed by atoms with Crippen molar-refractivity contribution in [2.45, 2.75) is 13.1 Å². The second kappa shape index (κ2) is 3.90. The lowest BCUT2D eigenvalue weighted by Gasteiger charge is -2.10. The van der Waals surface area contributed by atoms with Crippen molar-refractivity contribution >= 4 is 5.65 Å². The van der Waals surface area contributed by atoms with Crippen molar-refractivity contribution in [2.75, 3.05) is 0 Å². The fourth-order valence-corrected chi connectivity index (χ4v) is 1.87. The minimum Gasteiger partial charge on any atom is -0.268 e. The normalized spacial score (nSPS) is 16.8. The van der Waals surface area contributed by atoms with E-state index in [4.69, 9.17) is 0 Å². The summed E-state index contributed by atoms with van der Waals surface area (Å²) in [4.78, 5) is 16.6. The molecule has 1 fully saturated rings. The van der Waals surface area contributed by atoms with Crippen molar-refractivity contribution in [1.29, 1.82) is 0 Å². The Hall–Kier alpha value is -1.80. The van der Waals surface area contributed by atoms with E-state index in [-0.39, 0.29) is 11.7 Å². The molecule has 0 radical (unpaired) electrons. The Morgan fingerprint density at radius 3 is 2.88 bits per heavy atom. The van der Waals surface area contributed by atoms with Gasteiger partial charge in [-0.3, -0.25) is 9.20 Å². The van der Waals surface area contributed by atoms with Crippen LogP contribution in [-0.4, -0.2) is 9.38 Å². The average Bonchev–Trinajstić information content (AvgIpc) is 2.84. The molecule has 0 amide bonds.